The third kappa shape index (κ3) is 15.1. The van der Waals surface area contributed by atoms with E-state index in [1.165, 1.54) is 70.3 Å². The Bertz CT molecular complexity index is 216. The van der Waals surface area contributed by atoms with Crippen molar-refractivity contribution >= 4 is 6.29 Å². The highest BCUT2D eigenvalue weighted by atomic mass is 16.1. The number of allylic oxidation sites excluding steroid dienone is 4. The molecule has 0 bridgehead atoms. The molecule has 0 aromatic heterocycles. The summed E-state index contributed by atoms with van der Waals surface area (Å²) in [6, 6.07) is 0. The van der Waals surface area contributed by atoms with E-state index in [2.05, 4.69) is 13.0 Å². The summed E-state index contributed by atoms with van der Waals surface area (Å²) in [5.41, 5.74) is 0. The fraction of sp³-hybridized carbons (Fsp3) is 0.706. The third-order valence-electron chi connectivity index (χ3n) is 3.14. The van der Waals surface area contributed by atoms with E-state index in [9.17, 15) is 4.79 Å². The van der Waals surface area contributed by atoms with Crippen LogP contribution in [0.2, 0.25) is 0 Å². The van der Waals surface area contributed by atoms with E-state index in [1.54, 1.807) is 12.4 Å². The van der Waals surface area contributed by atoms with Crippen molar-refractivity contribution < 1.29 is 4.79 Å². The van der Waals surface area contributed by atoms with Gasteiger partial charge in [0, 0.05) is 0 Å². The fourth-order valence-corrected chi connectivity index (χ4v) is 2.02. The van der Waals surface area contributed by atoms with E-state index in [1.807, 2.05) is 6.08 Å². The number of rotatable bonds is 13. The normalized spacial score (nSPS) is 11.6. The van der Waals surface area contributed by atoms with Crippen molar-refractivity contribution in [2.45, 2.75) is 77.6 Å². The van der Waals surface area contributed by atoms with Crippen LogP contribution in [0.25, 0.3) is 0 Å². The van der Waals surface area contributed by atoms with Crippen LogP contribution in [0.1, 0.15) is 77.6 Å². The zero-order valence-corrected chi connectivity index (χ0v) is 12.0. The van der Waals surface area contributed by atoms with Crippen molar-refractivity contribution in [2.75, 3.05) is 0 Å². The van der Waals surface area contributed by atoms with Crippen molar-refractivity contribution in [1.82, 2.24) is 0 Å². The third-order valence-corrected chi connectivity index (χ3v) is 3.14. The summed E-state index contributed by atoms with van der Waals surface area (Å²) < 4.78 is 0. The van der Waals surface area contributed by atoms with Crippen molar-refractivity contribution in [3.63, 3.8) is 0 Å². The van der Waals surface area contributed by atoms with Crippen molar-refractivity contribution in [2.24, 2.45) is 0 Å². The number of hydrogen-bond acceptors (Lipinski definition) is 1. The molecule has 0 heterocycles. The van der Waals surface area contributed by atoms with Crippen LogP contribution in [-0.2, 0) is 4.79 Å². The van der Waals surface area contributed by atoms with Crippen LogP contribution in [0.5, 0.6) is 0 Å². The Morgan fingerprint density at radius 1 is 0.778 bits per heavy atom. The van der Waals surface area contributed by atoms with Crippen LogP contribution in [0.15, 0.2) is 24.3 Å². The second-order valence-electron chi connectivity index (χ2n) is 4.88. The Morgan fingerprint density at radius 2 is 1.33 bits per heavy atom. The minimum absolute atomic E-state index is 1.12. The smallest absolute Gasteiger partial charge is 0.225 e. The molecule has 0 saturated carbocycles. The van der Waals surface area contributed by atoms with Gasteiger partial charge in [-0.05, 0) is 18.9 Å². The molecule has 0 aliphatic heterocycles. The Hall–Kier alpha value is -0.850. The molecular weight excluding hydrogens is 220 g/mol. The molecule has 1 radical (unpaired) electrons. The summed E-state index contributed by atoms with van der Waals surface area (Å²) >= 11 is 0. The lowest BCUT2D eigenvalue weighted by Gasteiger charge is -2.01. The molecule has 0 aromatic rings. The first-order valence-electron chi connectivity index (χ1n) is 7.61. The highest BCUT2D eigenvalue weighted by Crippen LogP contribution is 2.11. The zero-order valence-electron chi connectivity index (χ0n) is 12.0. The summed E-state index contributed by atoms with van der Waals surface area (Å²) in [7, 11) is 0. The quantitative estimate of drug-likeness (QED) is 0.239. The summed E-state index contributed by atoms with van der Waals surface area (Å²) in [6.07, 6.45) is 23.9. The molecule has 0 aliphatic rings. The highest BCUT2D eigenvalue weighted by Gasteiger charge is 1.91. The molecule has 0 amide bonds. The molecule has 0 atom stereocenters. The molecule has 0 aliphatic carbocycles. The SMILES string of the molecule is CCCCCCCCCCCC/C=C/C=C/[C]=O. The average molecular weight is 249 g/mol. The molecule has 0 rings (SSSR count). The minimum Gasteiger partial charge on any atom is -0.286 e. The van der Waals surface area contributed by atoms with Gasteiger partial charge in [-0.2, -0.15) is 0 Å². The Balaban J connectivity index is 3.05. The van der Waals surface area contributed by atoms with Gasteiger partial charge in [-0.1, -0.05) is 82.9 Å². The van der Waals surface area contributed by atoms with Gasteiger partial charge in [0.25, 0.3) is 0 Å². The van der Waals surface area contributed by atoms with Crippen LogP contribution >= 0.6 is 0 Å². The van der Waals surface area contributed by atoms with Gasteiger partial charge in [0.2, 0.25) is 6.29 Å². The molecule has 1 heteroatoms. The maximum absolute atomic E-state index is 9.88. The molecule has 1 nitrogen and oxygen atoms in total. The predicted molar refractivity (Wildman–Crippen MR) is 80.4 cm³/mol. The van der Waals surface area contributed by atoms with Gasteiger partial charge >= 0.3 is 0 Å². The molecule has 0 N–H and O–H groups in total. The number of carbonyl (C=O) groups excluding carboxylic acids is 1. The lowest BCUT2D eigenvalue weighted by atomic mass is 10.1. The van der Waals surface area contributed by atoms with Gasteiger partial charge in [-0.15, -0.1) is 0 Å². The van der Waals surface area contributed by atoms with Gasteiger partial charge in [0.05, 0.1) is 0 Å². The average Bonchev–Trinajstić information content (AvgIpc) is 2.39. The van der Waals surface area contributed by atoms with E-state index < -0.39 is 0 Å². The molecule has 0 saturated heterocycles. The van der Waals surface area contributed by atoms with Crippen LogP contribution in [0, 0.1) is 0 Å². The van der Waals surface area contributed by atoms with Crippen LogP contribution in [-0.4, -0.2) is 6.29 Å². The van der Waals surface area contributed by atoms with Crippen molar-refractivity contribution in [3.05, 3.63) is 24.3 Å². The second-order valence-corrected chi connectivity index (χ2v) is 4.88. The summed E-state index contributed by atoms with van der Waals surface area (Å²) in [4.78, 5) is 9.88. The number of unbranched alkanes of at least 4 members (excludes halogenated alkanes) is 10. The molecular formula is C17H29O. The van der Waals surface area contributed by atoms with E-state index in [4.69, 9.17) is 0 Å². The molecule has 0 unspecified atom stereocenters. The van der Waals surface area contributed by atoms with Crippen molar-refractivity contribution in [1.29, 1.82) is 0 Å². The van der Waals surface area contributed by atoms with Gasteiger partial charge in [0.1, 0.15) is 0 Å². The van der Waals surface area contributed by atoms with Crippen molar-refractivity contribution in [3.8, 4) is 0 Å². The van der Waals surface area contributed by atoms with Crippen LogP contribution in [0.3, 0.4) is 0 Å². The van der Waals surface area contributed by atoms with E-state index in [-0.39, 0.29) is 0 Å². The Kier molecular flexibility index (Phi) is 15.4. The second kappa shape index (κ2) is 16.1. The molecule has 0 aromatic carbocycles. The summed E-state index contributed by atoms with van der Waals surface area (Å²) in [5, 5.41) is 0. The van der Waals surface area contributed by atoms with Gasteiger partial charge in [-0.3, -0.25) is 4.79 Å². The van der Waals surface area contributed by atoms with Gasteiger partial charge < -0.3 is 0 Å². The minimum atomic E-state index is 1.12. The topological polar surface area (TPSA) is 17.1 Å². The van der Waals surface area contributed by atoms with E-state index in [0.29, 0.717) is 0 Å². The monoisotopic (exact) mass is 249 g/mol. The standard InChI is InChI=1S/C17H29O/c1-2-3-4-5-6-7-8-9-10-11-12-13-14-15-16-17-18/h13-16H,2-12H2,1H3/b14-13+,16-15+. The maximum atomic E-state index is 9.88. The lowest BCUT2D eigenvalue weighted by Crippen LogP contribution is -1.81. The fourth-order valence-electron chi connectivity index (χ4n) is 2.02. The summed E-state index contributed by atoms with van der Waals surface area (Å²) in [6.45, 7) is 2.27. The molecule has 18 heavy (non-hydrogen) atoms. The largest absolute Gasteiger partial charge is 0.286 e. The maximum Gasteiger partial charge on any atom is 0.225 e. The Labute approximate surface area is 113 Å². The molecule has 0 spiro atoms. The highest BCUT2D eigenvalue weighted by molar-refractivity contribution is 5.66. The first-order chi connectivity index (χ1) is 8.91. The first kappa shape index (κ1) is 17.2. The van der Waals surface area contributed by atoms with E-state index >= 15 is 0 Å². The predicted octanol–water partition coefficient (Wildman–Crippen LogP) is 5.52. The van der Waals surface area contributed by atoms with Gasteiger partial charge in [-0.25, -0.2) is 0 Å². The van der Waals surface area contributed by atoms with Crippen LogP contribution < -0.4 is 0 Å². The zero-order chi connectivity index (χ0) is 13.3. The molecule has 0 fully saturated rings. The summed E-state index contributed by atoms with van der Waals surface area (Å²) in [5.74, 6) is 0. The first-order valence-corrected chi connectivity index (χ1v) is 7.61. The number of hydrogen-bond donors (Lipinski definition) is 0. The lowest BCUT2D eigenvalue weighted by molar-refractivity contribution is 0.557. The van der Waals surface area contributed by atoms with Crippen LogP contribution in [0.4, 0.5) is 0 Å². The Morgan fingerprint density at radius 3 is 1.89 bits per heavy atom. The van der Waals surface area contributed by atoms with E-state index in [0.717, 1.165) is 6.42 Å². The van der Waals surface area contributed by atoms with Gasteiger partial charge in [0.15, 0.2) is 0 Å². The molecule has 103 valence electrons.